The normalized spacial score (nSPS) is 18.1. The number of carbonyl (C=O) groups is 3. The fourth-order valence-electron chi connectivity index (χ4n) is 2.08. The average Bonchev–Trinajstić information content (AvgIpc) is 2.81. The SMILES string of the molecule is NC(=O)C1CC(=O)N(CCNC(=O)c2cccnc2)C1. The third kappa shape index (κ3) is 3.31. The molecule has 2 heterocycles. The van der Waals surface area contributed by atoms with Crippen LogP contribution in [0.3, 0.4) is 0 Å². The van der Waals surface area contributed by atoms with E-state index in [9.17, 15) is 14.4 Å². The van der Waals surface area contributed by atoms with Crippen molar-refractivity contribution in [1.82, 2.24) is 15.2 Å². The molecule has 3 N–H and O–H groups in total. The lowest BCUT2D eigenvalue weighted by atomic mass is 10.1. The highest BCUT2D eigenvalue weighted by atomic mass is 16.2. The molecule has 0 radical (unpaired) electrons. The standard InChI is InChI=1S/C13H16N4O3/c14-12(19)10-6-11(18)17(8-10)5-4-16-13(20)9-2-1-3-15-7-9/h1-3,7,10H,4-6,8H2,(H2,14,19)(H,16,20). The van der Waals surface area contributed by atoms with Gasteiger partial charge in [-0.25, -0.2) is 0 Å². The highest BCUT2D eigenvalue weighted by Gasteiger charge is 2.32. The third-order valence-corrected chi connectivity index (χ3v) is 3.21. The van der Waals surface area contributed by atoms with Gasteiger partial charge in [0.15, 0.2) is 0 Å². The van der Waals surface area contributed by atoms with Gasteiger partial charge in [0.25, 0.3) is 5.91 Å². The molecule has 3 amide bonds. The van der Waals surface area contributed by atoms with Crippen LogP contribution < -0.4 is 11.1 Å². The number of nitrogens with zero attached hydrogens (tertiary/aromatic N) is 2. The number of hydrogen-bond acceptors (Lipinski definition) is 4. The summed E-state index contributed by atoms with van der Waals surface area (Å²) in [5, 5.41) is 2.70. The van der Waals surface area contributed by atoms with Crippen LogP contribution in [0, 0.1) is 5.92 Å². The molecule has 1 unspecified atom stereocenters. The van der Waals surface area contributed by atoms with Crippen LogP contribution in [0.1, 0.15) is 16.8 Å². The van der Waals surface area contributed by atoms with Crippen LogP contribution >= 0.6 is 0 Å². The second-order valence-corrected chi connectivity index (χ2v) is 4.64. The Balaban J connectivity index is 1.78. The lowest BCUT2D eigenvalue weighted by Crippen LogP contribution is -2.36. The van der Waals surface area contributed by atoms with Crippen molar-refractivity contribution in [3.63, 3.8) is 0 Å². The zero-order valence-electron chi connectivity index (χ0n) is 10.9. The van der Waals surface area contributed by atoms with Gasteiger partial charge in [0.05, 0.1) is 11.5 Å². The molecule has 20 heavy (non-hydrogen) atoms. The van der Waals surface area contributed by atoms with E-state index >= 15 is 0 Å². The fraction of sp³-hybridized carbons (Fsp3) is 0.385. The number of hydrogen-bond donors (Lipinski definition) is 2. The molecule has 0 bridgehead atoms. The van der Waals surface area contributed by atoms with Gasteiger partial charge >= 0.3 is 0 Å². The van der Waals surface area contributed by atoms with Crippen molar-refractivity contribution < 1.29 is 14.4 Å². The number of nitrogens with one attached hydrogen (secondary N) is 1. The third-order valence-electron chi connectivity index (χ3n) is 3.21. The van der Waals surface area contributed by atoms with E-state index in [2.05, 4.69) is 10.3 Å². The van der Waals surface area contributed by atoms with Crippen LogP contribution in [0.15, 0.2) is 24.5 Å². The van der Waals surface area contributed by atoms with Gasteiger partial charge in [-0.3, -0.25) is 19.4 Å². The zero-order valence-corrected chi connectivity index (χ0v) is 10.9. The molecule has 0 spiro atoms. The van der Waals surface area contributed by atoms with Gasteiger partial charge < -0.3 is 16.0 Å². The van der Waals surface area contributed by atoms with Crippen molar-refractivity contribution in [2.24, 2.45) is 11.7 Å². The molecule has 0 aromatic carbocycles. The topological polar surface area (TPSA) is 105 Å². The van der Waals surface area contributed by atoms with E-state index in [0.717, 1.165) is 0 Å². The van der Waals surface area contributed by atoms with Gasteiger partial charge in [-0.1, -0.05) is 0 Å². The zero-order chi connectivity index (χ0) is 14.5. The minimum absolute atomic E-state index is 0.107. The quantitative estimate of drug-likeness (QED) is 0.730. The predicted octanol–water partition coefficient (Wildman–Crippen LogP) is -0.855. The van der Waals surface area contributed by atoms with Crippen molar-refractivity contribution in [3.05, 3.63) is 30.1 Å². The molecule has 1 saturated heterocycles. The fourth-order valence-corrected chi connectivity index (χ4v) is 2.08. The molecular weight excluding hydrogens is 260 g/mol. The van der Waals surface area contributed by atoms with E-state index in [4.69, 9.17) is 5.73 Å². The predicted molar refractivity (Wildman–Crippen MR) is 70.5 cm³/mol. The van der Waals surface area contributed by atoms with Crippen molar-refractivity contribution >= 4 is 17.7 Å². The highest BCUT2D eigenvalue weighted by Crippen LogP contribution is 2.16. The number of nitrogens with two attached hydrogens (primary N) is 1. The van der Waals surface area contributed by atoms with Gasteiger partial charge in [-0.2, -0.15) is 0 Å². The molecule has 0 saturated carbocycles. The summed E-state index contributed by atoms with van der Waals surface area (Å²) in [5.41, 5.74) is 5.65. The summed E-state index contributed by atoms with van der Waals surface area (Å²) in [5.74, 6) is -1.22. The average molecular weight is 276 g/mol. The number of carbonyl (C=O) groups excluding carboxylic acids is 3. The summed E-state index contributed by atoms with van der Waals surface area (Å²) < 4.78 is 0. The number of likely N-dealkylation sites (tertiary alicyclic amines) is 1. The number of aromatic nitrogens is 1. The van der Waals surface area contributed by atoms with Gasteiger partial charge in [-0.05, 0) is 12.1 Å². The van der Waals surface area contributed by atoms with Gasteiger partial charge in [0, 0.05) is 38.4 Å². The molecular formula is C13H16N4O3. The first-order valence-electron chi connectivity index (χ1n) is 6.33. The molecule has 7 nitrogen and oxygen atoms in total. The van der Waals surface area contributed by atoms with Crippen molar-refractivity contribution in [2.75, 3.05) is 19.6 Å². The van der Waals surface area contributed by atoms with Crippen LogP contribution in [-0.4, -0.2) is 47.2 Å². The molecule has 7 heteroatoms. The molecule has 1 aromatic rings. The summed E-state index contributed by atoms with van der Waals surface area (Å²) in [4.78, 5) is 39.8. The Morgan fingerprint density at radius 3 is 2.90 bits per heavy atom. The first-order chi connectivity index (χ1) is 9.58. The van der Waals surface area contributed by atoms with E-state index < -0.39 is 11.8 Å². The van der Waals surface area contributed by atoms with Gasteiger partial charge in [0.1, 0.15) is 0 Å². The lowest BCUT2D eigenvalue weighted by molar-refractivity contribution is -0.128. The van der Waals surface area contributed by atoms with Crippen LogP contribution in [0.4, 0.5) is 0 Å². The summed E-state index contributed by atoms with van der Waals surface area (Å²) in [6, 6.07) is 3.34. The maximum absolute atomic E-state index is 11.7. The van der Waals surface area contributed by atoms with Crippen LogP contribution in [0.5, 0.6) is 0 Å². The van der Waals surface area contributed by atoms with Crippen molar-refractivity contribution in [3.8, 4) is 0 Å². The first-order valence-corrected chi connectivity index (χ1v) is 6.33. The van der Waals surface area contributed by atoms with Crippen molar-refractivity contribution in [1.29, 1.82) is 0 Å². The van der Waals surface area contributed by atoms with Crippen LogP contribution in [-0.2, 0) is 9.59 Å². The number of amides is 3. The maximum Gasteiger partial charge on any atom is 0.252 e. The largest absolute Gasteiger partial charge is 0.369 e. The summed E-state index contributed by atoms with van der Waals surface area (Å²) in [7, 11) is 0. The van der Waals surface area contributed by atoms with Gasteiger partial charge in [-0.15, -0.1) is 0 Å². The molecule has 1 atom stereocenters. The summed E-state index contributed by atoms with van der Waals surface area (Å²) >= 11 is 0. The van der Waals surface area contributed by atoms with E-state index in [1.165, 1.54) is 6.20 Å². The Hall–Kier alpha value is -2.44. The van der Waals surface area contributed by atoms with E-state index in [1.807, 2.05) is 0 Å². The second-order valence-electron chi connectivity index (χ2n) is 4.64. The van der Waals surface area contributed by atoms with E-state index in [0.29, 0.717) is 25.2 Å². The molecule has 1 fully saturated rings. The molecule has 1 aliphatic rings. The Labute approximate surface area is 116 Å². The Kier molecular flexibility index (Phi) is 4.29. The minimum Gasteiger partial charge on any atom is -0.369 e. The second kappa shape index (κ2) is 6.14. The van der Waals surface area contributed by atoms with E-state index in [1.54, 1.807) is 23.2 Å². The maximum atomic E-state index is 11.7. The van der Waals surface area contributed by atoms with E-state index in [-0.39, 0.29) is 18.2 Å². The van der Waals surface area contributed by atoms with Crippen molar-refractivity contribution in [2.45, 2.75) is 6.42 Å². The molecule has 1 aromatic heterocycles. The Bertz CT molecular complexity index is 518. The monoisotopic (exact) mass is 276 g/mol. The van der Waals surface area contributed by atoms with Crippen LogP contribution in [0.25, 0.3) is 0 Å². The number of primary amides is 1. The molecule has 106 valence electrons. The smallest absolute Gasteiger partial charge is 0.252 e. The number of rotatable bonds is 5. The van der Waals surface area contributed by atoms with Gasteiger partial charge in [0.2, 0.25) is 11.8 Å². The minimum atomic E-state index is -0.458. The lowest BCUT2D eigenvalue weighted by Gasteiger charge is -2.16. The highest BCUT2D eigenvalue weighted by molar-refractivity contribution is 5.93. The Morgan fingerprint density at radius 2 is 2.30 bits per heavy atom. The Morgan fingerprint density at radius 1 is 1.50 bits per heavy atom. The summed E-state index contributed by atoms with van der Waals surface area (Å²) in [6.07, 6.45) is 3.22. The number of pyridine rings is 1. The summed E-state index contributed by atoms with van der Waals surface area (Å²) in [6.45, 7) is 1.02. The molecule has 2 rings (SSSR count). The molecule has 1 aliphatic heterocycles. The molecule has 0 aliphatic carbocycles. The van der Waals surface area contributed by atoms with Crippen LogP contribution in [0.2, 0.25) is 0 Å². The first kappa shape index (κ1) is 14.0.